The van der Waals surface area contributed by atoms with Gasteiger partial charge in [0.05, 0.1) is 12.8 Å². The van der Waals surface area contributed by atoms with Crippen LogP contribution in [0, 0.1) is 6.92 Å². The van der Waals surface area contributed by atoms with Crippen LogP contribution in [0.2, 0.25) is 0 Å². The van der Waals surface area contributed by atoms with E-state index >= 15 is 0 Å². The molecule has 0 aliphatic heterocycles. The number of phenols is 1. The molecule has 1 amide bonds. The van der Waals surface area contributed by atoms with E-state index in [1.165, 1.54) is 12.3 Å². The molecule has 0 unspecified atom stereocenters. The minimum absolute atomic E-state index is 0.0227. The molecule has 7 nitrogen and oxygen atoms in total. The Labute approximate surface area is 121 Å². The zero-order chi connectivity index (χ0) is 15.2. The highest BCUT2D eigenvalue weighted by atomic mass is 16.5. The van der Waals surface area contributed by atoms with Gasteiger partial charge in [-0.3, -0.25) is 9.89 Å². The molecule has 1 aromatic heterocycles. The number of amides is 1. The predicted octanol–water partition coefficient (Wildman–Crippen LogP) is 1.59. The van der Waals surface area contributed by atoms with Crippen molar-refractivity contribution in [2.75, 3.05) is 6.61 Å². The SMILES string of the molecule is CCOc1ccc(/C=N\NC(=O)c2cc(C)[nH]n2)c(O)c1. The number of rotatable bonds is 5. The highest BCUT2D eigenvalue weighted by molar-refractivity contribution is 5.93. The molecule has 0 atom stereocenters. The molecular weight excluding hydrogens is 272 g/mol. The molecule has 110 valence electrons. The molecule has 1 aromatic carbocycles. The summed E-state index contributed by atoms with van der Waals surface area (Å²) in [6.07, 6.45) is 1.35. The predicted molar refractivity (Wildman–Crippen MR) is 77.7 cm³/mol. The van der Waals surface area contributed by atoms with Crippen molar-refractivity contribution in [1.82, 2.24) is 15.6 Å². The highest BCUT2D eigenvalue weighted by Crippen LogP contribution is 2.22. The minimum Gasteiger partial charge on any atom is -0.507 e. The van der Waals surface area contributed by atoms with Crippen molar-refractivity contribution in [2.24, 2.45) is 5.10 Å². The standard InChI is InChI=1S/C14H16N4O3/c1-3-21-11-5-4-10(13(19)7-11)8-15-18-14(20)12-6-9(2)16-17-12/h4-8,19H,3H2,1-2H3,(H,16,17)(H,18,20)/b15-8-. The molecule has 0 bridgehead atoms. The second kappa shape index (κ2) is 6.56. The number of hydrogen-bond donors (Lipinski definition) is 3. The van der Waals surface area contributed by atoms with Gasteiger partial charge in [-0.2, -0.15) is 10.2 Å². The number of carbonyl (C=O) groups excluding carboxylic acids is 1. The number of H-pyrrole nitrogens is 1. The Kier molecular flexibility index (Phi) is 4.55. The molecule has 0 aliphatic carbocycles. The van der Waals surface area contributed by atoms with Crippen LogP contribution in [0.5, 0.6) is 11.5 Å². The minimum atomic E-state index is -0.430. The second-order valence-corrected chi connectivity index (χ2v) is 4.29. The number of hydrazone groups is 1. The molecular formula is C14H16N4O3. The van der Waals surface area contributed by atoms with Gasteiger partial charge < -0.3 is 9.84 Å². The van der Waals surface area contributed by atoms with Gasteiger partial charge in [-0.1, -0.05) is 0 Å². The number of carbonyl (C=O) groups is 1. The van der Waals surface area contributed by atoms with Crippen LogP contribution < -0.4 is 10.2 Å². The van der Waals surface area contributed by atoms with Gasteiger partial charge in [0.1, 0.15) is 11.5 Å². The number of aryl methyl sites for hydroxylation is 1. The summed E-state index contributed by atoms with van der Waals surface area (Å²) in [5.41, 5.74) is 3.84. The van der Waals surface area contributed by atoms with Crippen molar-refractivity contribution in [3.8, 4) is 11.5 Å². The quantitative estimate of drug-likeness (QED) is 0.574. The van der Waals surface area contributed by atoms with Crippen molar-refractivity contribution >= 4 is 12.1 Å². The van der Waals surface area contributed by atoms with E-state index in [0.717, 1.165) is 5.69 Å². The van der Waals surface area contributed by atoms with E-state index in [0.29, 0.717) is 17.9 Å². The van der Waals surface area contributed by atoms with Crippen molar-refractivity contribution in [1.29, 1.82) is 0 Å². The van der Waals surface area contributed by atoms with Crippen molar-refractivity contribution < 1.29 is 14.6 Å². The van der Waals surface area contributed by atoms with Crippen LogP contribution in [0.25, 0.3) is 0 Å². The first-order valence-corrected chi connectivity index (χ1v) is 6.41. The Morgan fingerprint density at radius 1 is 1.52 bits per heavy atom. The number of aromatic hydroxyl groups is 1. The largest absolute Gasteiger partial charge is 0.507 e. The maximum Gasteiger partial charge on any atom is 0.291 e. The highest BCUT2D eigenvalue weighted by Gasteiger charge is 2.07. The lowest BCUT2D eigenvalue weighted by molar-refractivity contribution is 0.0950. The van der Waals surface area contributed by atoms with Crippen LogP contribution in [0.3, 0.4) is 0 Å². The van der Waals surface area contributed by atoms with Crippen molar-refractivity contribution in [3.05, 3.63) is 41.2 Å². The van der Waals surface area contributed by atoms with Gasteiger partial charge in [-0.05, 0) is 32.0 Å². The number of benzene rings is 1. The lowest BCUT2D eigenvalue weighted by atomic mass is 10.2. The summed E-state index contributed by atoms with van der Waals surface area (Å²) < 4.78 is 5.26. The van der Waals surface area contributed by atoms with Gasteiger partial charge in [0, 0.05) is 17.3 Å². The molecule has 7 heteroatoms. The third-order valence-corrected chi connectivity index (χ3v) is 2.62. The molecule has 1 heterocycles. The maximum atomic E-state index is 11.7. The summed E-state index contributed by atoms with van der Waals surface area (Å²) in [6, 6.07) is 6.46. The summed E-state index contributed by atoms with van der Waals surface area (Å²) >= 11 is 0. The third kappa shape index (κ3) is 3.82. The Morgan fingerprint density at radius 3 is 2.95 bits per heavy atom. The van der Waals surface area contributed by atoms with Gasteiger partial charge in [0.15, 0.2) is 5.69 Å². The van der Waals surface area contributed by atoms with E-state index in [2.05, 4.69) is 20.7 Å². The number of phenolic OH excluding ortho intramolecular Hbond substituents is 1. The fourth-order valence-corrected chi connectivity index (χ4v) is 1.64. The molecule has 0 saturated heterocycles. The first-order chi connectivity index (χ1) is 10.1. The molecule has 2 aromatic rings. The zero-order valence-electron chi connectivity index (χ0n) is 11.8. The number of ether oxygens (including phenoxy) is 1. The van der Waals surface area contributed by atoms with Crippen LogP contribution in [-0.4, -0.2) is 34.0 Å². The van der Waals surface area contributed by atoms with Gasteiger partial charge in [0.25, 0.3) is 5.91 Å². The first kappa shape index (κ1) is 14.6. The molecule has 2 rings (SSSR count). The molecule has 0 saturated carbocycles. The normalized spacial score (nSPS) is 10.8. The number of nitrogens with zero attached hydrogens (tertiary/aromatic N) is 2. The second-order valence-electron chi connectivity index (χ2n) is 4.29. The molecule has 0 fully saturated rings. The molecule has 0 radical (unpaired) electrons. The van der Waals surface area contributed by atoms with E-state index in [1.54, 1.807) is 25.1 Å². The molecule has 21 heavy (non-hydrogen) atoms. The number of aromatic nitrogens is 2. The fourth-order valence-electron chi connectivity index (χ4n) is 1.64. The average Bonchev–Trinajstić information content (AvgIpc) is 2.88. The topological polar surface area (TPSA) is 99.6 Å². The van der Waals surface area contributed by atoms with E-state index in [-0.39, 0.29) is 11.4 Å². The molecule has 0 spiro atoms. The van der Waals surface area contributed by atoms with Gasteiger partial charge in [-0.25, -0.2) is 5.43 Å². The van der Waals surface area contributed by atoms with E-state index in [4.69, 9.17) is 4.74 Å². The van der Waals surface area contributed by atoms with Crippen LogP contribution in [0.4, 0.5) is 0 Å². The third-order valence-electron chi connectivity index (χ3n) is 2.62. The summed E-state index contributed by atoms with van der Waals surface area (Å²) in [4.78, 5) is 11.7. The summed E-state index contributed by atoms with van der Waals surface area (Å²) in [5.74, 6) is 0.166. The Hall–Kier alpha value is -2.83. The van der Waals surface area contributed by atoms with Crippen molar-refractivity contribution in [2.45, 2.75) is 13.8 Å². The average molecular weight is 288 g/mol. The molecule has 3 N–H and O–H groups in total. The lowest BCUT2D eigenvalue weighted by Gasteiger charge is -2.04. The lowest BCUT2D eigenvalue weighted by Crippen LogP contribution is -2.18. The van der Waals surface area contributed by atoms with Crippen LogP contribution in [0.1, 0.15) is 28.7 Å². The van der Waals surface area contributed by atoms with E-state index < -0.39 is 5.91 Å². The Morgan fingerprint density at radius 2 is 2.33 bits per heavy atom. The number of hydrogen-bond acceptors (Lipinski definition) is 5. The summed E-state index contributed by atoms with van der Waals surface area (Å²) in [5, 5.41) is 20.1. The first-order valence-electron chi connectivity index (χ1n) is 6.41. The number of aromatic amines is 1. The van der Waals surface area contributed by atoms with Crippen LogP contribution >= 0.6 is 0 Å². The summed E-state index contributed by atoms with van der Waals surface area (Å²) in [6.45, 7) is 4.18. The Bertz CT molecular complexity index is 664. The monoisotopic (exact) mass is 288 g/mol. The Balaban J connectivity index is 1.99. The smallest absolute Gasteiger partial charge is 0.291 e. The van der Waals surface area contributed by atoms with Gasteiger partial charge in [0.2, 0.25) is 0 Å². The van der Waals surface area contributed by atoms with Crippen LogP contribution in [0.15, 0.2) is 29.4 Å². The summed E-state index contributed by atoms with van der Waals surface area (Å²) in [7, 11) is 0. The van der Waals surface area contributed by atoms with E-state index in [1.807, 2.05) is 6.92 Å². The number of nitrogens with one attached hydrogen (secondary N) is 2. The fraction of sp³-hybridized carbons (Fsp3) is 0.214. The zero-order valence-corrected chi connectivity index (χ0v) is 11.8. The maximum absolute atomic E-state index is 11.7. The molecule has 0 aliphatic rings. The van der Waals surface area contributed by atoms with Gasteiger partial charge in [-0.15, -0.1) is 0 Å². The van der Waals surface area contributed by atoms with Gasteiger partial charge >= 0.3 is 0 Å². The van der Waals surface area contributed by atoms with E-state index in [9.17, 15) is 9.90 Å². The van der Waals surface area contributed by atoms with Crippen molar-refractivity contribution in [3.63, 3.8) is 0 Å². The van der Waals surface area contributed by atoms with Crippen LogP contribution in [-0.2, 0) is 0 Å².